The molecule has 0 radical (unpaired) electrons. The van der Waals surface area contributed by atoms with Gasteiger partial charge in [0.15, 0.2) is 5.11 Å². The number of nitrogens with zero attached hydrogens (tertiary/aromatic N) is 3. The maximum absolute atomic E-state index is 13.0. The Morgan fingerprint density at radius 1 is 1.03 bits per heavy atom. The number of methoxy groups -OCH3 is 1. The largest absolute Gasteiger partial charge is 0.497 e. The second-order valence-corrected chi connectivity index (χ2v) is 8.56. The molecule has 0 aliphatic carbocycles. The van der Waals surface area contributed by atoms with Gasteiger partial charge < -0.3 is 24.8 Å². The highest BCUT2D eigenvalue weighted by Crippen LogP contribution is 2.39. The van der Waals surface area contributed by atoms with Crippen molar-refractivity contribution in [2.24, 2.45) is 0 Å². The quantitative estimate of drug-likeness (QED) is 0.378. The molecule has 7 nitrogen and oxygen atoms in total. The van der Waals surface area contributed by atoms with Crippen molar-refractivity contribution >= 4 is 28.9 Å². The van der Waals surface area contributed by atoms with E-state index < -0.39 is 0 Å². The molecule has 2 atom stereocenters. The number of carbonyl (C=O) groups excluding carboxylic acids is 1. The maximum atomic E-state index is 13.0. The van der Waals surface area contributed by atoms with E-state index in [0.29, 0.717) is 5.11 Å². The highest BCUT2D eigenvalue weighted by molar-refractivity contribution is 7.80. The van der Waals surface area contributed by atoms with Crippen LogP contribution in [0.3, 0.4) is 0 Å². The van der Waals surface area contributed by atoms with Crippen molar-refractivity contribution in [3.8, 4) is 11.4 Å². The predicted octanol–water partition coefficient (Wildman–Crippen LogP) is 4.49. The molecular formula is C27H25N5O2S. The average Bonchev–Trinajstić information content (AvgIpc) is 3.50. The number of nitrogens with one attached hydrogen (secondary N) is 2. The molecule has 1 fully saturated rings. The van der Waals surface area contributed by atoms with E-state index in [-0.39, 0.29) is 24.5 Å². The van der Waals surface area contributed by atoms with Crippen LogP contribution in [0.25, 0.3) is 5.69 Å². The van der Waals surface area contributed by atoms with Gasteiger partial charge in [-0.05, 0) is 72.9 Å². The number of pyridine rings is 1. The second kappa shape index (κ2) is 9.99. The first-order valence-electron chi connectivity index (χ1n) is 11.3. The summed E-state index contributed by atoms with van der Waals surface area (Å²) in [6.45, 7) is 0.0997. The predicted molar refractivity (Wildman–Crippen MR) is 140 cm³/mol. The van der Waals surface area contributed by atoms with Gasteiger partial charge in [-0.25, -0.2) is 0 Å². The number of carbonyl (C=O) groups is 1. The van der Waals surface area contributed by atoms with E-state index in [2.05, 4.69) is 26.3 Å². The minimum Gasteiger partial charge on any atom is -0.497 e. The summed E-state index contributed by atoms with van der Waals surface area (Å²) in [6, 6.07) is 26.7. The Bertz CT molecular complexity index is 1310. The van der Waals surface area contributed by atoms with Crippen LogP contribution in [0.5, 0.6) is 5.75 Å². The first kappa shape index (κ1) is 22.6. The fourth-order valence-electron chi connectivity index (χ4n) is 4.39. The molecule has 1 aliphatic rings. The topological polar surface area (TPSA) is 71.4 Å². The minimum atomic E-state index is -0.254. The molecule has 8 heteroatoms. The highest BCUT2D eigenvalue weighted by Gasteiger charge is 2.42. The van der Waals surface area contributed by atoms with Crippen molar-refractivity contribution in [1.82, 2.24) is 19.8 Å². The summed E-state index contributed by atoms with van der Waals surface area (Å²) >= 11 is 5.73. The van der Waals surface area contributed by atoms with Gasteiger partial charge in [-0.15, -0.1) is 0 Å². The van der Waals surface area contributed by atoms with Crippen molar-refractivity contribution in [3.05, 3.63) is 109 Å². The van der Waals surface area contributed by atoms with Crippen molar-refractivity contribution in [2.45, 2.75) is 12.1 Å². The Hall–Kier alpha value is -4.17. The average molecular weight is 484 g/mol. The molecule has 0 spiro atoms. The van der Waals surface area contributed by atoms with Crippen LogP contribution < -0.4 is 15.4 Å². The number of hydrogen-bond donors (Lipinski definition) is 2. The van der Waals surface area contributed by atoms with E-state index in [1.54, 1.807) is 13.3 Å². The van der Waals surface area contributed by atoms with E-state index in [0.717, 1.165) is 28.5 Å². The number of benzene rings is 2. The third-order valence-corrected chi connectivity index (χ3v) is 6.36. The van der Waals surface area contributed by atoms with Crippen molar-refractivity contribution in [3.63, 3.8) is 0 Å². The van der Waals surface area contributed by atoms with Crippen molar-refractivity contribution in [1.29, 1.82) is 0 Å². The number of ether oxygens (including phenoxy) is 1. The van der Waals surface area contributed by atoms with Crippen LogP contribution in [-0.2, 0) is 4.79 Å². The lowest BCUT2D eigenvalue weighted by Gasteiger charge is -2.28. The van der Waals surface area contributed by atoms with Crippen LogP contribution in [-0.4, -0.2) is 39.1 Å². The highest BCUT2D eigenvalue weighted by atomic mass is 32.1. The number of rotatable bonds is 7. The zero-order chi connectivity index (χ0) is 24.2. The van der Waals surface area contributed by atoms with E-state index in [1.165, 1.54) is 0 Å². The molecule has 1 aliphatic heterocycles. The molecule has 2 aromatic carbocycles. The van der Waals surface area contributed by atoms with Crippen molar-refractivity contribution in [2.75, 3.05) is 19.0 Å². The SMILES string of the molecule is COc1ccc(-n2cccc2[C@@H]2[C@@H](c3ccccn3)NC(=S)N2CC(=O)Nc2ccccc2)cc1. The normalized spacial score (nSPS) is 17.2. The lowest BCUT2D eigenvalue weighted by atomic mass is 10.0. The molecule has 1 saturated heterocycles. The zero-order valence-electron chi connectivity index (χ0n) is 19.2. The lowest BCUT2D eigenvalue weighted by molar-refractivity contribution is -0.116. The summed E-state index contributed by atoms with van der Waals surface area (Å²) < 4.78 is 7.43. The smallest absolute Gasteiger partial charge is 0.244 e. The van der Waals surface area contributed by atoms with Gasteiger partial charge in [0.25, 0.3) is 0 Å². The molecular weight excluding hydrogens is 458 g/mol. The first-order valence-corrected chi connectivity index (χ1v) is 11.7. The van der Waals surface area contributed by atoms with Crippen LogP contribution in [0.2, 0.25) is 0 Å². The van der Waals surface area contributed by atoms with Crippen LogP contribution in [0, 0.1) is 0 Å². The summed E-state index contributed by atoms with van der Waals surface area (Å²) in [5, 5.41) is 6.88. The third kappa shape index (κ3) is 4.74. The van der Waals surface area contributed by atoms with E-state index in [4.69, 9.17) is 17.0 Å². The molecule has 2 N–H and O–H groups in total. The molecule has 0 saturated carbocycles. The Labute approximate surface area is 209 Å². The van der Waals surface area contributed by atoms with Gasteiger partial charge >= 0.3 is 0 Å². The summed E-state index contributed by atoms with van der Waals surface area (Å²) in [7, 11) is 1.65. The molecule has 3 heterocycles. The lowest BCUT2D eigenvalue weighted by Crippen LogP contribution is -2.37. The third-order valence-electron chi connectivity index (χ3n) is 6.00. The summed E-state index contributed by atoms with van der Waals surface area (Å²) in [6.07, 6.45) is 3.78. The van der Waals surface area contributed by atoms with E-state index in [1.807, 2.05) is 90.0 Å². The standard InChI is InChI=1S/C27H25N5O2S/c1-34-21-14-12-20(13-15-21)31-17-7-11-23(31)26-25(22-10-5-6-16-28-22)30-27(35)32(26)18-24(33)29-19-8-3-2-4-9-19/h2-17,25-26H,18H2,1H3,(H,29,33)(H,30,35)/t25-,26-/m1/s1. The number of hydrogen-bond acceptors (Lipinski definition) is 4. The Balaban J connectivity index is 1.50. The molecule has 0 bridgehead atoms. The number of amides is 1. The fourth-order valence-corrected chi connectivity index (χ4v) is 4.69. The van der Waals surface area contributed by atoms with Crippen molar-refractivity contribution < 1.29 is 9.53 Å². The second-order valence-electron chi connectivity index (χ2n) is 8.17. The Kier molecular flexibility index (Phi) is 6.45. The number of thiocarbonyl (C=S) groups is 1. The van der Waals surface area contributed by atoms with Crippen LogP contribution in [0.15, 0.2) is 97.3 Å². The van der Waals surface area contributed by atoms with E-state index >= 15 is 0 Å². The Morgan fingerprint density at radius 3 is 2.51 bits per heavy atom. The Morgan fingerprint density at radius 2 is 1.80 bits per heavy atom. The van der Waals surface area contributed by atoms with Gasteiger partial charge in [0.05, 0.1) is 24.9 Å². The van der Waals surface area contributed by atoms with Gasteiger partial charge in [-0.3, -0.25) is 9.78 Å². The first-order chi connectivity index (χ1) is 17.1. The van der Waals surface area contributed by atoms with E-state index in [9.17, 15) is 4.79 Å². The van der Waals surface area contributed by atoms with Crippen LogP contribution in [0.1, 0.15) is 23.5 Å². The molecule has 35 heavy (non-hydrogen) atoms. The zero-order valence-corrected chi connectivity index (χ0v) is 20.0. The summed E-state index contributed by atoms with van der Waals surface area (Å²) in [5.74, 6) is 0.645. The van der Waals surface area contributed by atoms with Gasteiger partial charge in [-0.1, -0.05) is 24.3 Å². The molecule has 2 aromatic heterocycles. The summed E-state index contributed by atoms with van der Waals surface area (Å²) in [4.78, 5) is 19.5. The molecule has 4 aromatic rings. The molecule has 5 rings (SSSR count). The minimum absolute atomic E-state index is 0.0997. The van der Waals surface area contributed by atoms with Gasteiger partial charge in [0.2, 0.25) is 5.91 Å². The molecule has 0 unspecified atom stereocenters. The van der Waals surface area contributed by atoms with Gasteiger partial charge in [0.1, 0.15) is 12.3 Å². The van der Waals surface area contributed by atoms with Crippen LogP contribution >= 0.6 is 12.2 Å². The molecule has 176 valence electrons. The van der Waals surface area contributed by atoms with Gasteiger partial charge in [-0.2, -0.15) is 0 Å². The maximum Gasteiger partial charge on any atom is 0.244 e. The number of para-hydroxylation sites is 1. The number of aromatic nitrogens is 2. The fraction of sp³-hybridized carbons (Fsp3) is 0.148. The molecule has 1 amide bonds. The van der Waals surface area contributed by atoms with Gasteiger partial charge in [0, 0.05) is 29.5 Å². The monoisotopic (exact) mass is 483 g/mol. The van der Waals surface area contributed by atoms with Crippen LogP contribution in [0.4, 0.5) is 5.69 Å². The summed E-state index contributed by atoms with van der Waals surface area (Å²) in [5.41, 5.74) is 3.58. The number of anilines is 1.